The Hall–Kier alpha value is -4.91. The van der Waals surface area contributed by atoms with E-state index in [0.29, 0.717) is 31.5 Å². The molecule has 0 radical (unpaired) electrons. The molecule has 0 saturated carbocycles. The van der Waals surface area contributed by atoms with Gasteiger partial charge in [0.2, 0.25) is 5.82 Å². The molecule has 0 amide bonds. The van der Waals surface area contributed by atoms with Crippen molar-refractivity contribution in [3.8, 4) is 22.9 Å². The Labute approximate surface area is 300 Å². The van der Waals surface area contributed by atoms with E-state index in [4.69, 9.17) is 19.6 Å². The summed E-state index contributed by atoms with van der Waals surface area (Å²) in [5.41, 5.74) is 0.116. The lowest BCUT2D eigenvalue weighted by Gasteiger charge is -2.30. The summed E-state index contributed by atoms with van der Waals surface area (Å²) < 4.78 is 86.0. The highest BCUT2D eigenvalue weighted by molar-refractivity contribution is 7.94. The number of benzene rings is 3. The van der Waals surface area contributed by atoms with Gasteiger partial charge in [-0.3, -0.25) is 4.79 Å². The molecule has 0 saturated heterocycles. The van der Waals surface area contributed by atoms with Gasteiger partial charge < -0.3 is 14.5 Å². The minimum atomic E-state index is -3.87. The van der Waals surface area contributed by atoms with Crippen molar-refractivity contribution in [1.82, 2.24) is 19.7 Å². The van der Waals surface area contributed by atoms with Crippen LogP contribution in [-0.4, -0.2) is 47.0 Å². The van der Waals surface area contributed by atoms with Crippen LogP contribution in [0, 0.1) is 28.8 Å². The SMILES string of the molecule is COC(=O)[C@H](C)Cc1cccc([C@@]2(C)CCCC(C)(C)CS(=O)(=O)/C=C/c3c(c(F)c(F)c4[nH]ccc34)Oc3ccc(F)c(c3)-c3nc2nn3C)c1. The molecule has 0 fully saturated rings. The summed E-state index contributed by atoms with van der Waals surface area (Å²) >= 11 is 0. The van der Waals surface area contributed by atoms with Crippen molar-refractivity contribution in [2.45, 2.75) is 58.8 Å². The lowest BCUT2D eigenvalue weighted by molar-refractivity contribution is -0.144. The number of H-pyrrole nitrogens is 1. The lowest BCUT2D eigenvalue weighted by Crippen LogP contribution is -2.28. The fraction of sp³-hybridized carbons (Fsp3) is 0.359. The van der Waals surface area contributed by atoms with Crippen LogP contribution < -0.4 is 4.74 Å². The van der Waals surface area contributed by atoms with E-state index in [1.54, 1.807) is 14.0 Å². The maximum absolute atomic E-state index is 15.7. The first-order valence-corrected chi connectivity index (χ1v) is 18.7. The molecule has 0 spiro atoms. The molecule has 2 aromatic heterocycles. The van der Waals surface area contributed by atoms with E-state index in [1.165, 1.54) is 42.3 Å². The molecular formula is C39H41F3N4O5S. The highest BCUT2D eigenvalue weighted by atomic mass is 32.2. The first kappa shape index (κ1) is 36.9. The van der Waals surface area contributed by atoms with Crippen molar-refractivity contribution in [3.05, 3.63) is 100 Å². The van der Waals surface area contributed by atoms with Crippen LogP contribution in [0.2, 0.25) is 0 Å². The Morgan fingerprint density at radius 2 is 1.85 bits per heavy atom. The largest absolute Gasteiger partial charge is 0.469 e. The van der Waals surface area contributed by atoms with Gasteiger partial charge in [0.25, 0.3) is 0 Å². The van der Waals surface area contributed by atoms with Crippen molar-refractivity contribution < 1.29 is 35.9 Å². The maximum atomic E-state index is 15.7. The second kappa shape index (κ2) is 13.9. The van der Waals surface area contributed by atoms with E-state index in [-0.39, 0.29) is 51.2 Å². The summed E-state index contributed by atoms with van der Waals surface area (Å²) in [6.07, 6.45) is 4.67. The summed E-state index contributed by atoms with van der Waals surface area (Å²) in [7, 11) is -0.875. The molecule has 1 aliphatic heterocycles. The molecule has 2 atom stereocenters. The van der Waals surface area contributed by atoms with E-state index >= 15 is 13.2 Å². The van der Waals surface area contributed by atoms with Crippen molar-refractivity contribution in [1.29, 1.82) is 0 Å². The molecule has 9 nitrogen and oxygen atoms in total. The quantitative estimate of drug-likeness (QED) is 0.184. The van der Waals surface area contributed by atoms with Crippen LogP contribution in [0.25, 0.3) is 28.4 Å². The number of rotatable bonds is 4. The zero-order valence-electron chi connectivity index (χ0n) is 29.9. The molecule has 52 heavy (non-hydrogen) atoms. The number of carbonyl (C=O) groups excluding carboxylic acids is 1. The molecule has 6 rings (SSSR count). The van der Waals surface area contributed by atoms with E-state index < -0.39 is 43.9 Å². The van der Waals surface area contributed by atoms with Gasteiger partial charge in [-0.25, -0.2) is 26.9 Å². The van der Waals surface area contributed by atoms with E-state index in [9.17, 15) is 13.2 Å². The van der Waals surface area contributed by atoms with E-state index in [2.05, 4.69) is 4.98 Å². The van der Waals surface area contributed by atoms with Crippen LogP contribution >= 0.6 is 0 Å². The number of fused-ring (bicyclic) bond motifs is 8. The van der Waals surface area contributed by atoms with Gasteiger partial charge in [0.1, 0.15) is 11.6 Å². The summed E-state index contributed by atoms with van der Waals surface area (Å²) in [5, 5.41) is 5.99. The number of aryl methyl sites for hydroxylation is 1. The van der Waals surface area contributed by atoms with Gasteiger partial charge >= 0.3 is 5.97 Å². The molecule has 3 heterocycles. The Morgan fingerprint density at radius 1 is 1.08 bits per heavy atom. The molecule has 1 aliphatic rings. The van der Waals surface area contributed by atoms with Gasteiger partial charge in [-0.1, -0.05) is 51.5 Å². The Balaban J connectivity index is 1.52. The van der Waals surface area contributed by atoms with Crippen LogP contribution in [0.1, 0.15) is 69.5 Å². The van der Waals surface area contributed by atoms with E-state index in [1.807, 2.05) is 45.0 Å². The third-order valence-corrected chi connectivity index (χ3v) is 11.6. The minimum Gasteiger partial charge on any atom is -0.469 e. The van der Waals surface area contributed by atoms with Gasteiger partial charge in [0.15, 0.2) is 33.1 Å². The van der Waals surface area contributed by atoms with Gasteiger partial charge in [-0.2, -0.15) is 9.49 Å². The second-order valence-corrected chi connectivity index (χ2v) is 16.4. The summed E-state index contributed by atoms with van der Waals surface area (Å²) in [6, 6.07) is 13.0. The smallest absolute Gasteiger partial charge is 0.308 e. The summed E-state index contributed by atoms with van der Waals surface area (Å²) in [5.74, 6) is -4.12. The predicted octanol–water partition coefficient (Wildman–Crippen LogP) is 8.43. The third-order valence-electron chi connectivity index (χ3n) is 9.82. The number of sulfone groups is 1. The van der Waals surface area contributed by atoms with Crippen LogP contribution in [0.5, 0.6) is 11.5 Å². The van der Waals surface area contributed by atoms with Gasteiger partial charge in [-0.15, -0.1) is 0 Å². The zero-order valence-corrected chi connectivity index (χ0v) is 30.7. The number of methoxy groups -OCH3 is 1. The molecule has 5 aromatic rings. The highest BCUT2D eigenvalue weighted by Crippen LogP contribution is 2.41. The Kier molecular flexibility index (Phi) is 9.86. The second-order valence-electron chi connectivity index (χ2n) is 14.6. The average molecular weight is 735 g/mol. The number of nitrogens with one attached hydrogen (secondary N) is 1. The van der Waals surface area contributed by atoms with Gasteiger partial charge in [-0.05, 0) is 73.1 Å². The van der Waals surface area contributed by atoms with Gasteiger partial charge in [0.05, 0.1) is 35.3 Å². The van der Waals surface area contributed by atoms with Crippen molar-refractivity contribution >= 4 is 32.8 Å². The first-order valence-electron chi connectivity index (χ1n) is 17.0. The lowest BCUT2D eigenvalue weighted by atomic mass is 9.75. The number of carbonyl (C=O) groups is 1. The van der Waals surface area contributed by atoms with Crippen LogP contribution in [-0.2, 0) is 38.3 Å². The number of esters is 1. The molecular weight excluding hydrogens is 694 g/mol. The predicted molar refractivity (Wildman–Crippen MR) is 193 cm³/mol. The topological polar surface area (TPSA) is 116 Å². The fourth-order valence-corrected chi connectivity index (χ4v) is 8.70. The van der Waals surface area contributed by atoms with Crippen molar-refractivity contribution in [3.63, 3.8) is 0 Å². The van der Waals surface area contributed by atoms with Crippen LogP contribution in [0.3, 0.4) is 0 Å². The molecule has 0 aliphatic carbocycles. The number of nitrogens with zero attached hydrogens (tertiary/aromatic N) is 3. The summed E-state index contributed by atoms with van der Waals surface area (Å²) in [4.78, 5) is 19.7. The minimum absolute atomic E-state index is 0.00319. The number of aromatic nitrogens is 4. The van der Waals surface area contributed by atoms with Crippen LogP contribution in [0.4, 0.5) is 13.2 Å². The summed E-state index contributed by atoms with van der Waals surface area (Å²) in [6.45, 7) is 7.52. The average Bonchev–Trinajstić information content (AvgIpc) is 3.74. The number of hydrogen-bond acceptors (Lipinski definition) is 7. The molecule has 4 bridgehead atoms. The number of aromatic amines is 1. The zero-order chi connectivity index (χ0) is 37.6. The highest BCUT2D eigenvalue weighted by Gasteiger charge is 2.36. The standard InChI is InChI=1S/C39H41F3N4O5S/c1-23(36(47)50-6)19-24-9-7-10-25(20-24)39(4)16-8-15-38(2,3)22-52(48,49)18-14-28-27-13-17-43-33(27)31(41)32(42)34(28)51-26-11-12-30(40)29(21-26)35-44-37(39)45-46(35)5/h7,9-14,17-18,20-21,23,43H,8,15-16,19,22H2,1-6H3/b18-14+/t23-,39-/m1/s1. The maximum Gasteiger partial charge on any atom is 0.308 e. The molecule has 1 N–H and O–H groups in total. The molecule has 0 unspecified atom stereocenters. The molecule has 13 heteroatoms. The normalized spacial score (nSPS) is 19.9. The molecule has 3 aromatic carbocycles. The number of hydrogen-bond donors (Lipinski definition) is 1. The Bertz CT molecular complexity index is 2310. The van der Waals surface area contributed by atoms with E-state index in [0.717, 1.165) is 22.6 Å². The Morgan fingerprint density at radius 3 is 2.60 bits per heavy atom. The van der Waals surface area contributed by atoms with Crippen molar-refractivity contribution in [2.75, 3.05) is 12.9 Å². The molecule has 274 valence electrons. The monoisotopic (exact) mass is 734 g/mol. The first-order chi connectivity index (χ1) is 24.5. The van der Waals surface area contributed by atoms with Crippen molar-refractivity contribution in [2.24, 2.45) is 18.4 Å². The fourth-order valence-electron chi connectivity index (χ4n) is 7.02. The number of ether oxygens (including phenoxy) is 2. The number of halogens is 3. The van der Waals surface area contributed by atoms with Gasteiger partial charge in [0, 0.05) is 29.6 Å². The van der Waals surface area contributed by atoms with Crippen LogP contribution in [0.15, 0.2) is 60.1 Å². The third kappa shape index (κ3) is 7.23.